The Bertz CT molecular complexity index is 366. The van der Waals surface area contributed by atoms with E-state index in [4.69, 9.17) is 0 Å². The van der Waals surface area contributed by atoms with Crippen LogP contribution < -0.4 is 5.32 Å². The average Bonchev–Trinajstić information content (AvgIpc) is 2.77. The molecule has 0 radical (unpaired) electrons. The summed E-state index contributed by atoms with van der Waals surface area (Å²) in [6.07, 6.45) is 5.28. The molecule has 0 spiro atoms. The van der Waals surface area contributed by atoms with Crippen molar-refractivity contribution < 1.29 is 0 Å². The van der Waals surface area contributed by atoms with Gasteiger partial charge in [0.1, 0.15) is 0 Å². The molecule has 0 aliphatic rings. The molecule has 1 aromatic rings. The fourth-order valence-corrected chi connectivity index (χ4v) is 3.17. The number of aryl methyl sites for hydroxylation is 1. The van der Waals surface area contributed by atoms with Crippen LogP contribution in [0.4, 0.5) is 0 Å². The van der Waals surface area contributed by atoms with Crippen molar-refractivity contribution in [1.82, 2.24) is 20.0 Å². The van der Waals surface area contributed by atoms with Gasteiger partial charge in [0.25, 0.3) is 0 Å². The van der Waals surface area contributed by atoms with Crippen molar-refractivity contribution in [2.75, 3.05) is 20.6 Å². The first kappa shape index (κ1) is 16.2. The molecule has 0 bridgehead atoms. The number of aromatic nitrogens is 2. The van der Waals surface area contributed by atoms with Crippen LogP contribution in [-0.2, 0) is 13.5 Å². The number of nitrogens with one attached hydrogen (secondary N) is 1. The van der Waals surface area contributed by atoms with E-state index in [1.807, 2.05) is 17.9 Å². The highest BCUT2D eigenvalue weighted by atomic mass is 15.3. The summed E-state index contributed by atoms with van der Waals surface area (Å²) in [5.74, 6) is 0. The summed E-state index contributed by atoms with van der Waals surface area (Å²) in [4.78, 5) is 2.38. The standard InChI is InChI=1S/C15H30N4/c1-7-15(8-2,18(4)5)14(16-9-3)12-13-10-11-19(6)17-13/h10-11,14,16H,7-9,12H2,1-6H3. The van der Waals surface area contributed by atoms with Crippen molar-refractivity contribution in [3.8, 4) is 0 Å². The van der Waals surface area contributed by atoms with E-state index in [1.54, 1.807) is 0 Å². The third-order valence-corrected chi connectivity index (χ3v) is 4.40. The van der Waals surface area contributed by atoms with Crippen LogP contribution in [0, 0.1) is 0 Å². The molecule has 1 aromatic heterocycles. The predicted molar refractivity (Wildman–Crippen MR) is 81.4 cm³/mol. The van der Waals surface area contributed by atoms with Crippen LogP contribution in [0.15, 0.2) is 12.3 Å². The molecule has 0 saturated carbocycles. The summed E-state index contributed by atoms with van der Waals surface area (Å²) in [7, 11) is 6.36. The van der Waals surface area contributed by atoms with Crippen molar-refractivity contribution in [3.63, 3.8) is 0 Å². The molecule has 1 atom stereocenters. The molecule has 4 heteroatoms. The van der Waals surface area contributed by atoms with E-state index >= 15 is 0 Å². The van der Waals surface area contributed by atoms with Gasteiger partial charge in [0.15, 0.2) is 0 Å². The minimum absolute atomic E-state index is 0.188. The van der Waals surface area contributed by atoms with E-state index < -0.39 is 0 Å². The van der Waals surface area contributed by atoms with Crippen LogP contribution in [0.3, 0.4) is 0 Å². The number of nitrogens with zero attached hydrogens (tertiary/aromatic N) is 3. The molecule has 0 fully saturated rings. The first-order valence-electron chi connectivity index (χ1n) is 7.39. The van der Waals surface area contributed by atoms with E-state index in [0.29, 0.717) is 6.04 Å². The lowest BCUT2D eigenvalue weighted by atomic mass is 9.81. The van der Waals surface area contributed by atoms with Crippen molar-refractivity contribution in [2.24, 2.45) is 7.05 Å². The number of likely N-dealkylation sites (N-methyl/N-ethyl adjacent to an activating group) is 2. The lowest BCUT2D eigenvalue weighted by molar-refractivity contribution is 0.0884. The molecule has 1 heterocycles. The highest BCUT2D eigenvalue weighted by Crippen LogP contribution is 2.27. The van der Waals surface area contributed by atoms with Crippen LogP contribution in [-0.4, -0.2) is 46.9 Å². The quantitative estimate of drug-likeness (QED) is 0.782. The van der Waals surface area contributed by atoms with Crippen molar-refractivity contribution in [2.45, 2.75) is 51.6 Å². The molecule has 110 valence electrons. The van der Waals surface area contributed by atoms with Crippen molar-refractivity contribution in [3.05, 3.63) is 18.0 Å². The van der Waals surface area contributed by atoms with Gasteiger partial charge in [0.2, 0.25) is 0 Å². The predicted octanol–water partition coefficient (Wildman–Crippen LogP) is 2.06. The Labute approximate surface area is 118 Å². The Morgan fingerprint density at radius 2 is 1.95 bits per heavy atom. The number of rotatable bonds is 8. The van der Waals surface area contributed by atoms with Crippen LogP contribution in [0.1, 0.15) is 39.3 Å². The molecular formula is C15H30N4. The third-order valence-electron chi connectivity index (χ3n) is 4.40. The molecule has 0 aliphatic heterocycles. The second-order valence-corrected chi connectivity index (χ2v) is 5.50. The summed E-state index contributed by atoms with van der Waals surface area (Å²) in [6.45, 7) is 7.74. The van der Waals surface area contributed by atoms with Gasteiger partial charge in [0.05, 0.1) is 5.69 Å². The van der Waals surface area contributed by atoms with E-state index in [9.17, 15) is 0 Å². The summed E-state index contributed by atoms with van der Waals surface area (Å²) >= 11 is 0. The molecule has 1 rings (SSSR count). The topological polar surface area (TPSA) is 33.1 Å². The maximum atomic E-state index is 4.53. The van der Waals surface area contributed by atoms with Gasteiger partial charge in [-0.3, -0.25) is 4.68 Å². The maximum absolute atomic E-state index is 4.53. The smallest absolute Gasteiger partial charge is 0.0640 e. The minimum Gasteiger partial charge on any atom is -0.312 e. The Morgan fingerprint density at radius 3 is 2.32 bits per heavy atom. The minimum atomic E-state index is 0.188. The molecule has 1 N–H and O–H groups in total. The number of hydrogen-bond acceptors (Lipinski definition) is 3. The summed E-state index contributed by atoms with van der Waals surface area (Å²) in [5.41, 5.74) is 1.36. The van der Waals surface area contributed by atoms with Crippen LogP contribution in [0.2, 0.25) is 0 Å². The van der Waals surface area contributed by atoms with E-state index in [1.165, 1.54) is 5.69 Å². The second-order valence-electron chi connectivity index (χ2n) is 5.50. The van der Waals surface area contributed by atoms with Crippen LogP contribution in [0.25, 0.3) is 0 Å². The van der Waals surface area contributed by atoms with Gasteiger partial charge in [-0.2, -0.15) is 5.10 Å². The maximum Gasteiger partial charge on any atom is 0.0640 e. The zero-order valence-corrected chi connectivity index (χ0v) is 13.4. The second kappa shape index (κ2) is 7.06. The Morgan fingerprint density at radius 1 is 1.32 bits per heavy atom. The van der Waals surface area contributed by atoms with E-state index in [0.717, 1.165) is 25.8 Å². The van der Waals surface area contributed by atoms with Gasteiger partial charge >= 0.3 is 0 Å². The molecule has 0 amide bonds. The number of hydrogen-bond donors (Lipinski definition) is 1. The van der Waals surface area contributed by atoms with Crippen LogP contribution in [0.5, 0.6) is 0 Å². The zero-order valence-electron chi connectivity index (χ0n) is 13.4. The lowest BCUT2D eigenvalue weighted by Crippen LogP contribution is -2.59. The van der Waals surface area contributed by atoms with Gasteiger partial charge < -0.3 is 10.2 Å². The van der Waals surface area contributed by atoms with Crippen molar-refractivity contribution in [1.29, 1.82) is 0 Å². The SMILES string of the molecule is CCNC(Cc1ccn(C)n1)C(CC)(CC)N(C)C. The van der Waals surface area contributed by atoms with Gasteiger partial charge in [-0.15, -0.1) is 0 Å². The normalized spacial score (nSPS) is 14.1. The molecule has 4 nitrogen and oxygen atoms in total. The fourth-order valence-electron chi connectivity index (χ4n) is 3.17. The lowest BCUT2D eigenvalue weighted by Gasteiger charge is -2.45. The van der Waals surface area contributed by atoms with Gasteiger partial charge in [-0.1, -0.05) is 20.8 Å². The first-order chi connectivity index (χ1) is 9.00. The highest BCUT2D eigenvalue weighted by molar-refractivity contribution is 5.07. The van der Waals surface area contributed by atoms with Gasteiger partial charge in [-0.25, -0.2) is 0 Å². The summed E-state index contributed by atoms with van der Waals surface area (Å²) in [5, 5.41) is 8.21. The Hall–Kier alpha value is -0.870. The first-order valence-corrected chi connectivity index (χ1v) is 7.39. The Balaban J connectivity index is 2.96. The molecule has 1 unspecified atom stereocenters. The zero-order chi connectivity index (χ0) is 14.5. The molecule has 0 aromatic carbocycles. The monoisotopic (exact) mass is 266 g/mol. The summed E-state index contributed by atoms with van der Waals surface area (Å²) in [6, 6.07) is 2.55. The van der Waals surface area contributed by atoms with E-state index in [-0.39, 0.29) is 5.54 Å². The molecule has 0 aliphatic carbocycles. The summed E-state index contributed by atoms with van der Waals surface area (Å²) < 4.78 is 1.88. The largest absolute Gasteiger partial charge is 0.312 e. The third kappa shape index (κ3) is 3.57. The highest BCUT2D eigenvalue weighted by Gasteiger charge is 2.37. The van der Waals surface area contributed by atoms with Gasteiger partial charge in [-0.05, 0) is 39.5 Å². The van der Waals surface area contributed by atoms with Crippen molar-refractivity contribution >= 4 is 0 Å². The molecule has 19 heavy (non-hydrogen) atoms. The molecular weight excluding hydrogens is 236 g/mol. The molecule has 0 saturated heterocycles. The average molecular weight is 266 g/mol. The van der Waals surface area contributed by atoms with E-state index in [2.05, 4.69) is 56.2 Å². The van der Waals surface area contributed by atoms with Gasteiger partial charge in [0, 0.05) is 31.2 Å². The van der Waals surface area contributed by atoms with Crippen LogP contribution >= 0.6 is 0 Å². The fraction of sp³-hybridized carbons (Fsp3) is 0.800. The Kier molecular flexibility index (Phi) is 6.01.